The highest BCUT2D eigenvalue weighted by atomic mass is 35.5. The predicted octanol–water partition coefficient (Wildman–Crippen LogP) is 5.65. The van der Waals surface area contributed by atoms with Gasteiger partial charge in [0.2, 0.25) is 0 Å². The van der Waals surface area contributed by atoms with Crippen LogP contribution in [0.25, 0.3) is 11.3 Å². The Balaban J connectivity index is 1.57. The second-order valence-corrected chi connectivity index (χ2v) is 8.99. The molecule has 1 unspecified atom stereocenters. The van der Waals surface area contributed by atoms with Gasteiger partial charge in [-0.3, -0.25) is 9.48 Å². The number of aromatic nitrogens is 2. The standard InChI is InChI=1S/C24H24Cl2F2N4O2/c1-32-22(20(26)14-30-32)19-13-18(8-9-21(19)34-12-10-17-3-2-11-29-17)31-23(33)24(27,28)15-4-6-16(25)7-5-15/h4-9,13-14,17,29H,2-3,10-12H2,1H3,(H,31,33). The van der Waals surface area contributed by atoms with Gasteiger partial charge in [-0.25, -0.2) is 0 Å². The summed E-state index contributed by atoms with van der Waals surface area (Å²) >= 11 is 12.1. The summed E-state index contributed by atoms with van der Waals surface area (Å²) in [6, 6.07) is 10.0. The number of nitrogens with one attached hydrogen (secondary N) is 2. The molecule has 1 aromatic heterocycles. The molecule has 2 N–H and O–H groups in total. The molecule has 1 atom stereocenters. The summed E-state index contributed by atoms with van der Waals surface area (Å²) in [4.78, 5) is 12.5. The zero-order chi connectivity index (χ0) is 24.3. The summed E-state index contributed by atoms with van der Waals surface area (Å²) in [5.41, 5.74) is 0.814. The van der Waals surface area contributed by atoms with Gasteiger partial charge in [0.1, 0.15) is 5.75 Å². The zero-order valence-corrected chi connectivity index (χ0v) is 20.0. The minimum absolute atomic E-state index is 0.177. The van der Waals surface area contributed by atoms with Crippen molar-refractivity contribution >= 4 is 34.8 Å². The van der Waals surface area contributed by atoms with Crippen LogP contribution >= 0.6 is 23.2 Å². The van der Waals surface area contributed by atoms with Crippen molar-refractivity contribution in [3.05, 3.63) is 64.3 Å². The molecule has 1 aliphatic rings. The monoisotopic (exact) mass is 508 g/mol. The minimum atomic E-state index is -3.75. The first-order valence-corrected chi connectivity index (χ1v) is 11.6. The molecule has 2 aromatic carbocycles. The highest BCUT2D eigenvalue weighted by Gasteiger charge is 2.41. The molecule has 2 heterocycles. The van der Waals surface area contributed by atoms with E-state index in [1.165, 1.54) is 24.4 Å². The first kappa shape index (κ1) is 24.4. The van der Waals surface area contributed by atoms with Gasteiger partial charge in [-0.1, -0.05) is 35.3 Å². The van der Waals surface area contributed by atoms with Crippen LogP contribution < -0.4 is 15.4 Å². The molecule has 0 bridgehead atoms. The Morgan fingerprint density at radius 2 is 2.03 bits per heavy atom. The average Bonchev–Trinajstić information content (AvgIpc) is 3.44. The number of hydrogen-bond donors (Lipinski definition) is 2. The lowest BCUT2D eigenvalue weighted by Crippen LogP contribution is -2.32. The fourth-order valence-corrected chi connectivity index (χ4v) is 4.34. The lowest BCUT2D eigenvalue weighted by atomic mass is 10.1. The molecule has 3 aromatic rings. The van der Waals surface area contributed by atoms with E-state index in [2.05, 4.69) is 15.7 Å². The molecule has 1 amide bonds. The van der Waals surface area contributed by atoms with E-state index < -0.39 is 17.4 Å². The highest BCUT2D eigenvalue weighted by molar-refractivity contribution is 6.33. The van der Waals surface area contributed by atoms with Crippen molar-refractivity contribution in [3.8, 4) is 17.0 Å². The van der Waals surface area contributed by atoms with Crippen LogP contribution in [-0.2, 0) is 17.8 Å². The number of anilines is 1. The molecule has 6 nitrogen and oxygen atoms in total. The van der Waals surface area contributed by atoms with Crippen molar-refractivity contribution in [2.24, 2.45) is 7.05 Å². The summed E-state index contributed by atoms with van der Waals surface area (Å²) in [5.74, 6) is -4.69. The highest BCUT2D eigenvalue weighted by Crippen LogP contribution is 2.37. The Labute approximate surface area is 206 Å². The molecule has 1 fully saturated rings. The fourth-order valence-electron chi connectivity index (χ4n) is 3.95. The molecule has 180 valence electrons. The van der Waals surface area contributed by atoms with Crippen molar-refractivity contribution in [1.29, 1.82) is 0 Å². The van der Waals surface area contributed by atoms with E-state index in [0.717, 1.165) is 37.9 Å². The Morgan fingerprint density at radius 1 is 1.26 bits per heavy atom. The van der Waals surface area contributed by atoms with E-state index in [0.29, 0.717) is 39.7 Å². The Hall–Kier alpha value is -2.68. The number of rotatable bonds is 8. The van der Waals surface area contributed by atoms with Crippen LogP contribution in [0.2, 0.25) is 10.0 Å². The molecule has 0 spiro atoms. The second kappa shape index (κ2) is 10.3. The van der Waals surface area contributed by atoms with E-state index in [1.54, 1.807) is 23.9 Å². The van der Waals surface area contributed by atoms with Crippen molar-refractivity contribution in [1.82, 2.24) is 15.1 Å². The number of hydrogen-bond acceptors (Lipinski definition) is 4. The SMILES string of the molecule is Cn1ncc(Cl)c1-c1cc(NC(=O)C(F)(F)c2ccc(Cl)cc2)ccc1OCCC1CCCN1. The first-order valence-electron chi connectivity index (χ1n) is 10.9. The number of amides is 1. The maximum atomic E-state index is 14.7. The predicted molar refractivity (Wildman–Crippen MR) is 129 cm³/mol. The molecule has 1 saturated heterocycles. The van der Waals surface area contributed by atoms with Gasteiger partial charge >= 0.3 is 5.92 Å². The number of carbonyl (C=O) groups is 1. The van der Waals surface area contributed by atoms with Crippen molar-refractivity contribution < 1.29 is 18.3 Å². The Kier molecular flexibility index (Phi) is 7.40. The zero-order valence-electron chi connectivity index (χ0n) is 18.5. The van der Waals surface area contributed by atoms with Crippen LogP contribution in [0.15, 0.2) is 48.7 Å². The van der Waals surface area contributed by atoms with Gasteiger partial charge in [0.25, 0.3) is 5.91 Å². The van der Waals surface area contributed by atoms with E-state index in [1.807, 2.05) is 0 Å². The second-order valence-electron chi connectivity index (χ2n) is 8.14. The maximum Gasteiger partial charge on any atom is 0.350 e. The van der Waals surface area contributed by atoms with E-state index in [-0.39, 0.29) is 5.69 Å². The lowest BCUT2D eigenvalue weighted by molar-refractivity contribution is -0.140. The van der Waals surface area contributed by atoms with Gasteiger partial charge in [-0.15, -0.1) is 0 Å². The summed E-state index contributed by atoms with van der Waals surface area (Å²) in [7, 11) is 1.72. The van der Waals surface area contributed by atoms with Crippen molar-refractivity contribution in [2.45, 2.75) is 31.2 Å². The number of carbonyl (C=O) groups excluding carboxylic acids is 1. The van der Waals surface area contributed by atoms with Gasteiger partial charge < -0.3 is 15.4 Å². The molecular formula is C24H24Cl2F2N4O2. The summed E-state index contributed by atoms with van der Waals surface area (Å²) in [5, 5.41) is 10.6. The fraction of sp³-hybridized carbons (Fsp3) is 0.333. The minimum Gasteiger partial charge on any atom is -0.493 e. The normalized spacial score (nSPS) is 16.0. The summed E-state index contributed by atoms with van der Waals surface area (Å²) in [6.45, 7) is 1.48. The summed E-state index contributed by atoms with van der Waals surface area (Å²) < 4.78 is 37.1. The number of benzene rings is 2. The average molecular weight is 509 g/mol. The van der Waals surface area contributed by atoms with Crippen LogP contribution in [0.1, 0.15) is 24.8 Å². The topological polar surface area (TPSA) is 68.2 Å². The molecule has 1 aliphatic heterocycles. The first-order chi connectivity index (χ1) is 16.3. The largest absolute Gasteiger partial charge is 0.493 e. The third kappa shape index (κ3) is 5.35. The number of alkyl halides is 2. The van der Waals surface area contributed by atoms with E-state index in [9.17, 15) is 13.6 Å². The number of halogens is 4. The van der Waals surface area contributed by atoms with Crippen molar-refractivity contribution in [2.75, 3.05) is 18.5 Å². The van der Waals surface area contributed by atoms with Crippen LogP contribution in [0.4, 0.5) is 14.5 Å². The number of ether oxygens (including phenoxy) is 1. The van der Waals surface area contributed by atoms with Gasteiger partial charge in [0.15, 0.2) is 0 Å². The molecule has 34 heavy (non-hydrogen) atoms. The summed E-state index contributed by atoms with van der Waals surface area (Å²) in [6.07, 6.45) is 4.58. The van der Waals surface area contributed by atoms with Gasteiger partial charge in [-0.05, 0) is 56.1 Å². The Bertz CT molecular complexity index is 1140. The quantitative estimate of drug-likeness (QED) is 0.412. The molecule has 0 saturated carbocycles. The Morgan fingerprint density at radius 3 is 2.68 bits per heavy atom. The molecular weight excluding hydrogens is 485 g/mol. The maximum absolute atomic E-state index is 14.7. The smallest absolute Gasteiger partial charge is 0.350 e. The number of nitrogens with zero attached hydrogens (tertiary/aromatic N) is 2. The van der Waals surface area contributed by atoms with Crippen LogP contribution in [-0.4, -0.2) is 34.9 Å². The van der Waals surface area contributed by atoms with Crippen LogP contribution in [0, 0.1) is 0 Å². The third-order valence-corrected chi connectivity index (χ3v) is 6.29. The van der Waals surface area contributed by atoms with Crippen LogP contribution in [0.3, 0.4) is 0 Å². The van der Waals surface area contributed by atoms with Gasteiger partial charge in [0.05, 0.1) is 23.5 Å². The molecule has 4 rings (SSSR count). The number of aryl methyl sites for hydroxylation is 1. The van der Waals surface area contributed by atoms with Gasteiger partial charge in [-0.2, -0.15) is 13.9 Å². The molecule has 0 radical (unpaired) electrons. The molecule has 10 heteroatoms. The third-order valence-electron chi connectivity index (χ3n) is 5.76. The van der Waals surface area contributed by atoms with E-state index in [4.69, 9.17) is 27.9 Å². The van der Waals surface area contributed by atoms with Gasteiger partial charge in [0, 0.05) is 34.9 Å². The van der Waals surface area contributed by atoms with E-state index >= 15 is 0 Å². The van der Waals surface area contributed by atoms with Crippen LogP contribution in [0.5, 0.6) is 5.75 Å². The van der Waals surface area contributed by atoms with Crippen molar-refractivity contribution in [3.63, 3.8) is 0 Å². The molecule has 0 aliphatic carbocycles. The lowest BCUT2D eigenvalue weighted by Gasteiger charge is -2.18.